The lowest BCUT2D eigenvalue weighted by Gasteiger charge is -2.22. The van der Waals surface area contributed by atoms with Crippen LogP contribution in [0.25, 0.3) is 0 Å². The van der Waals surface area contributed by atoms with Crippen LogP contribution < -0.4 is 10.0 Å². The van der Waals surface area contributed by atoms with Crippen LogP contribution in [0.2, 0.25) is 0 Å². The molecule has 1 aliphatic rings. The summed E-state index contributed by atoms with van der Waals surface area (Å²) in [5, 5.41) is 3.04. The molecule has 0 radical (unpaired) electrons. The van der Waals surface area contributed by atoms with E-state index in [-0.39, 0.29) is 0 Å². The highest BCUT2D eigenvalue weighted by Gasteiger charge is 2.25. The maximum absolute atomic E-state index is 12.4. The van der Waals surface area contributed by atoms with Gasteiger partial charge in [0, 0.05) is 38.1 Å². The van der Waals surface area contributed by atoms with Crippen LogP contribution in [0.1, 0.15) is 25.5 Å². The van der Waals surface area contributed by atoms with Gasteiger partial charge in [-0.05, 0) is 39.0 Å². The van der Waals surface area contributed by atoms with Crippen molar-refractivity contribution in [3.8, 4) is 0 Å². The lowest BCUT2D eigenvalue weighted by Crippen LogP contribution is -2.39. The van der Waals surface area contributed by atoms with Crippen LogP contribution in [-0.2, 0) is 23.6 Å². The highest BCUT2D eigenvalue weighted by molar-refractivity contribution is 7.89. The van der Waals surface area contributed by atoms with Gasteiger partial charge >= 0.3 is 0 Å². The molecule has 0 amide bonds. The van der Waals surface area contributed by atoms with Gasteiger partial charge in [-0.3, -0.25) is 4.90 Å². The summed E-state index contributed by atoms with van der Waals surface area (Å²) in [7, 11) is 0.284. The first-order valence-electron chi connectivity index (χ1n) is 7.51. The molecular formula is C14H26N4O2S. The van der Waals surface area contributed by atoms with Crippen molar-refractivity contribution in [3.63, 3.8) is 0 Å². The van der Waals surface area contributed by atoms with Crippen molar-refractivity contribution in [1.29, 1.82) is 0 Å². The quantitative estimate of drug-likeness (QED) is 0.769. The number of likely N-dealkylation sites (tertiary alicyclic amines) is 1. The zero-order valence-electron chi connectivity index (χ0n) is 13.1. The number of rotatable bonds is 7. The average Bonchev–Trinajstić information content (AvgIpc) is 3.04. The molecule has 6 nitrogen and oxygen atoms in total. The van der Waals surface area contributed by atoms with Gasteiger partial charge in [0.1, 0.15) is 0 Å². The van der Waals surface area contributed by atoms with Crippen LogP contribution in [0.4, 0.5) is 0 Å². The lowest BCUT2D eigenvalue weighted by atomic mass is 10.2. The third kappa shape index (κ3) is 3.85. The van der Waals surface area contributed by atoms with Crippen molar-refractivity contribution < 1.29 is 8.42 Å². The van der Waals surface area contributed by atoms with Crippen molar-refractivity contribution >= 4 is 10.0 Å². The van der Waals surface area contributed by atoms with Crippen LogP contribution in [0.5, 0.6) is 0 Å². The SMILES string of the molecule is CCN1CCCC1CNS(=O)(=O)c1cc(CNC)n(C)c1. The Hall–Kier alpha value is -0.890. The number of hydrogen-bond donors (Lipinski definition) is 2. The summed E-state index contributed by atoms with van der Waals surface area (Å²) in [6.07, 6.45) is 3.88. The third-order valence-electron chi connectivity index (χ3n) is 4.17. The number of likely N-dealkylation sites (N-methyl/N-ethyl adjacent to an activating group) is 1. The molecule has 1 atom stereocenters. The minimum Gasteiger partial charge on any atom is -0.352 e. The van der Waals surface area contributed by atoms with Crippen molar-refractivity contribution in [2.75, 3.05) is 26.7 Å². The van der Waals surface area contributed by atoms with Gasteiger partial charge in [0.25, 0.3) is 0 Å². The predicted molar refractivity (Wildman–Crippen MR) is 83.6 cm³/mol. The van der Waals surface area contributed by atoms with E-state index >= 15 is 0 Å². The molecular weight excluding hydrogens is 288 g/mol. The van der Waals surface area contributed by atoms with Crippen molar-refractivity contribution in [2.45, 2.75) is 37.2 Å². The van der Waals surface area contributed by atoms with Crippen LogP contribution >= 0.6 is 0 Å². The zero-order chi connectivity index (χ0) is 15.5. The first-order valence-corrected chi connectivity index (χ1v) is 8.99. The molecule has 1 saturated heterocycles. The topological polar surface area (TPSA) is 66.4 Å². The maximum Gasteiger partial charge on any atom is 0.242 e. The Kier molecular flexibility index (Phi) is 5.43. The molecule has 0 spiro atoms. The third-order valence-corrected chi connectivity index (χ3v) is 5.56. The Morgan fingerprint density at radius 2 is 2.19 bits per heavy atom. The number of aryl methyl sites for hydroxylation is 1. The van der Waals surface area contributed by atoms with E-state index in [4.69, 9.17) is 0 Å². The molecule has 1 unspecified atom stereocenters. The molecule has 2 heterocycles. The molecule has 1 aromatic heterocycles. The molecule has 1 aromatic rings. The minimum atomic E-state index is -3.42. The highest BCUT2D eigenvalue weighted by atomic mass is 32.2. The molecule has 1 aliphatic heterocycles. The lowest BCUT2D eigenvalue weighted by molar-refractivity contribution is 0.268. The Morgan fingerprint density at radius 3 is 2.86 bits per heavy atom. The van der Waals surface area contributed by atoms with E-state index in [1.54, 1.807) is 12.3 Å². The van der Waals surface area contributed by atoms with Crippen LogP contribution in [0, 0.1) is 0 Å². The summed E-state index contributed by atoms with van der Waals surface area (Å²) in [5.41, 5.74) is 0.953. The smallest absolute Gasteiger partial charge is 0.242 e. The number of nitrogens with one attached hydrogen (secondary N) is 2. The van der Waals surface area contributed by atoms with E-state index in [1.165, 1.54) is 0 Å². The fraction of sp³-hybridized carbons (Fsp3) is 0.714. The molecule has 120 valence electrons. The van der Waals surface area contributed by atoms with Gasteiger partial charge in [-0.15, -0.1) is 0 Å². The molecule has 7 heteroatoms. The van der Waals surface area contributed by atoms with E-state index in [0.29, 0.717) is 24.0 Å². The van der Waals surface area contributed by atoms with Gasteiger partial charge in [0.15, 0.2) is 0 Å². The van der Waals surface area contributed by atoms with Gasteiger partial charge in [0.05, 0.1) is 4.90 Å². The number of aromatic nitrogens is 1. The average molecular weight is 314 g/mol. The standard InChI is InChI=1S/C14H26N4O2S/c1-4-18-7-5-6-12(18)10-16-21(19,20)14-8-13(9-15-2)17(3)11-14/h8,11-12,15-16H,4-7,9-10H2,1-3H3. The molecule has 0 saturated carbocycles. The van der Waals surface area contributed by atoms with Crippen LogP contribution in [-0.4, -0.2) is 50.6 Å². The second kappa shape index (κ2) is 6.91. The van der Waals surface area contributed by atoms with Gasteiger partial charge in [-0.1, -0.05) is 6.92 Å². The Labute approximate surface area is 127 Å². The summed E-state index contributed by atoms with van der Waals surface area (Å²) in [4.78, 5) is 2.68. The normalized spacial score (nSPS) is 20.2. The summed E-state index contributed by atoms with van der Waals surface area (Å²) >= 11 is 0. The van der Waals surface area contributed by atoms with Crippen molar-refractivity contribution in [3.05, 3.63) is 18.0 Å². The number of nitrogens with zero attached hydrogens (tertiary/aromatic N) is 2. The largest absolute Gasteiger partial charge is 0.352 e. The van der Waals surface area contributed by atoms with Gasteiger partial charge in [-0.25, -0.2) is 13.1 Å². The molecule has 2 N–H and O–H groups in total. The Morgan fingerprint density at radius 1 is 1.43 bits per heavy atom. The van der Waals surface area contributed by atoms with E-state index < -0.39 is 10.0 Å². The second-order valence-corrected chi connectivity index (χ2v) is 7.35. The number of sulfonamides is 1. The van der Waals surface area contributed by atoms with E-state index in [0.717, 1.165) is 31.6 Å². The van der Waals surface area contributed by atoms with E-state index in [1.807, 2.05) is 18.7 Å². The predicted octanol–water partition coefficient (Wildman–Crippen LogP) is 0.507. The number of hydrogen-bond acceptors (Lipinski definition) is 4. The van der Waals surface area contributed by atoms with Crippen LogP contribution in [0.3, 0.4) is 0 Å². The molecule has 0 aliphatic carbocycles. The summed E-state index contributed by atoms with van der Waals surface area (Å²) in [5.74, 6) is 0. The second-order valence-electron chi connectivity index (χ2n) is 5.58. The summed E-state index contributed by atoms with van der Waals surface area (Å²) in [6.45, 7) is 5.31. The van der Waals surface area contributed by atoms with Gasteiger partial charge in [0.2, 0.25) is 10.0 Å². The fourth-order valence-corrected chi connectivity index (χ4v) is 4.08. The van der Waals surface area contributed by atoms with E-state index in [9.17, 15) is 8.42 Å². The van der Waals surface area contributed by atoms with Crippen LogP contribution in [0.15, 0.2) is 17.2 Å². The highest BCUT2D eigenvalue weighted by Crippen LogP contribution is 2.17. The Balaban J connectivity index is 2.03. The summed E-state index contributed by atoms with van der Waals surface area (Å²) < 4.78 is 29.4. The zero-order valence-corrected chi connectivity index (χ0v) is 13.9. The van der Waals surface area contributed by atoms with Crippen molar-refractivity contribution in [2.24, 2.45) is 7.05 Å². The minimum absolute atomic E-state index is 0.324. The first kappa shape index (κ1) is 16.5. The molecule has 0 aromatic carbocycles. The Bertz CT molecular complexity index is 568. The monoisotopic (exact) mass is 314 g/mol. The summed E-state index contributed by atoms with van der Waals surface area (Å²) in [6, 6.07) is 2.05. The van der Waals surface area contributed by atoms with Gasteiger partial charge in [-0.2, -0.15) is 0 Å². The van der Waals surface area contributed by atoms with Crippen molar-refractivity contribution in [1.82, 2.24) is 19.5 Å². The molecule has 2 rings (SSSR count). The maximum atomic E-state index is 12.4. The first-order chi connectivity index (χ1) is 9.97. The van der Waals surface area contributed by atoms with Gasteiger partial charge < -0.3 is 9.88 Å². The fourth-order valence-electron chi connectivity index (χ4n) is 2.91. The molecule has 0 bridgehead atoms. The molecule has 21 heavy (non-hydrogen) atoms. The molecule has 1 fully saturated rings. The van der Waals surface area contributed by atoms with E-state index in [2.05, 4.69) is 21.9 Å².